The van der Waals surface area contributed by atoms with Gasteiger partial charge in [-0.3, -0.25) is 4.79 Å². The molecule has 1 amide bonds. The van der Waals surface area contributed by atoms with Crippen molar-refractivity contribution in [2.24, 2.45) is 0 Å². The zero-order chi connectivity index (χ0) is 14.7. The lowest BCUT2D eigenvalue weighted by molar-refractivity contribution is 0.0697. The van der Waals surface area contributed by atoms with E-state index in [1.165, 1.54) is 6.07 Å². The minimum absolute atomic E-state index is 0.00657. The van der Waals surface area contributed by atoms with Crippen LogP contribution in [0.3, 0.4) is 0 Å². The molecule has 0 radical (unpaired) electrons. The summed E-state index contributed by atoms with van der Waals surface area (Å²) in [6, 6.07) is 11.3. The van der Waals surface area contributed by atoms with Crippen LogP contribution in [0, 0.1) is 0 Å². The van der Waals surface area contributed by atoms with Gasteiger partial charge in [-0.15, -0.1) is 0 Å². The van der Waals surface area contributed by atoms with Gasteiger partial charge in [0.25, 0.3) is 5.91 Å². The molecule has 2 aromatic carbocycles. The molecule has 0 bridgehead atoms. The number of halogens is 2. The fourth-order valence-corrected chi connectivity index (χ4v) is 2.44. The number of rotatable bonds is 3. The second-order valence-electron chi connectivity index (χ2n) is 3.90. The van der Waals surface area contributed by atoms with Gasteiger partial charge in [0.15, 0.2) is 0 Å². The summed E-state index contributed by atoms with van der Waals surface area (Å²) in [4.78, 5) is 23.3. The average Bonchev–Trinajstić information content (AvgIpc) is 2.38. The Hall–Kier alpha value is -1.85. The Kier molecular flexibility index (Phi) is 4.42. The molecule has 102 valence electrons. The number of carboxylic acid groups (broad SMARTS) is 1. The van der Waals surface area contributed by atoms with Gasteiger partial charge in [0.1, 0.15) is 0 Å². The molecule has 0 aliphatic carbocycles. The number of carbonyl (C=O) groups is 2. The SMILES string of the molecule is O=C(Nc1cccc(Br)c1C(=O)O)c1ccccc1Cl. The molecule has 0 saturated carbocycles. The van der Waals surface area contributed by atoms with Crippen LogP contribution in [0.25, 0.3) is 0 Å². The number of anilines is 1. The largest absolute Gasteiger partial charge is 0.478 e. The van der Waals surface area contributed by atoms with Crippen LogP contribution in [0.15, 0.2) is 46.9 Å². The van der Waals surface area contributed by atoms with Crippen molar-refractivity contribution in [3.63, 3.8) is 0 Å². The van der Waals surface area contributed by atoms with Crippen LogP contribution >= 0.6 is 27.5 Å². The van der Waals surface area contributed by atoms with E-state index in [0.29, 0.717) is 9.50 Å². The number of amides is 1. The van der Waals surface area contributed by atoms with Gasteiger partial charge in [-0.1, -0.05) is 29.8 Å². The average molecular weight is 355 g/mol. The van der Waals surface area contributed by atoms with Crippen LogP contribution in [0.1, 0.15) is 20.7 Å². The van der Waals surface area contributed by atoms with E-state index in [4.69, 9.17) is 11.6 Å². The lowest BCUT2D eigenvalue weighted by atomic mass is 10.1. The maximum absolute atomic E-state index is 12.1. The Balaban J connectivity index is 2.36. The minimum atomic E-state index is -1.13. The molecule has 20 heavy (non-hydrogen) atoms. The van der Waals surface area contributed by atoms with Crippen LogP contribution in [-0.4, -0.2) is 17.0 Å². The molecule has 2 aromatic rings. The molecule has 0 atom stereocenters. The van der Waals surface area contributed by atoms with Crippen molar-refractivity contribution in [1.29, 1.82) is 0 Å². The molecule has 0 aliphatic heterocycles. The number of carbonyl (C=O) groups excluding carboxylic acids is 1. The highest BCUT2D eigenvalue weighted by Gasteiger charge is 2.17. The standard InChI is InChI=1S/C14H9BrClNO3/c15-9-5-3-7-11(12(9)14(19)20)17-13(18)8-4-1-2-6-10(8)16/h1-7H,(H,17,18)(H,19,20). The highest BCUT2D eigenvalue weighted by atomic mass is 79.9. The van der Waals surface area contributed by atoms with Gasteiger partial charge in [-0.05, 0) is 40.2 Å². The van der Waals surface area contributed by atoms with E-state index in [0.717, 1.165) is 0 Å². The molecular weight excluding hydrogens is 346 g/mol. The van der Waals surface area contributed by atoms with Crippen molar-refractivity contribution in [3.05, 3.63) is 63.1 Å². The number of benzene rings is 2. The fourth-order valence-electron chi connectivity index (χ4n) is 1.68. The van der Waals surface area contributed by atoms with Gasteiger partial charge < -0.3 is 10.4 Å². The second-order valence-corrected chi connectivity index (χ2v) is 5.16. The van der Waals surface area contributed by atoms with Crippen LogP contribution in [0.4, 0.5) is 5.69 Å². The van der Waals surface area contributed by atoms with Gasteiger partial charge in [-0.2, -0.15) is 0 Å². The zero-order valence-corrected chi connectivity index (χ0v) is 12.4. The third-order valence-corrected chi connectivity index (χ3v) is 3.58. The summed E-state index contributed by atoms with van der Waals surface area (Å²) in [5, 5.41) is 12.0. The summed E-state index contributed by atoms with van der Waals surface area (Å²) in [5.74, 6) is -1.59. The van der Waals surface area contributed by atoms with Crippen molar-refractivity contribution in [1.82, 2.24) is 0 Å². The summed E-state index contributed by atoms with van der Waals surface area (Å²) in [6.07, 6.45) is 0. The second kappa shape index (κ2) is 6.07. The number of hydrogen-bond acceptors (Lipinski definition) is 2. The smallest absolute Gasteiger partial charge is 0.338 e. The van der Waals surface area contributed by atoms with Crippen molar-refractivity contribution in [3.8, 4) is 0 Å². The molecule has 0 saturated heterocycles. The third kappa shape index (κ3) is 3.00. The van der Waals surface area contributed by atoms with E-state index in [-0.39, 0.29) is 16.8 Å². The number of nitrogens with one attached hydrogen (secondary N) is 1. The molecule has 6 heteroatoms. The highest BCUT2D eigenvalue weighted by molar-refractivity contribution is 9.10. The lowest BCUT2D eigenvalue weighted by Gasteiger charge is -2.10. The van der Waals surface area contributed by atoms with Crippen molar-refractivity contribution in [2.45, 2.75) is 0 Å². The number of aromatic carboxylic acids is 1. The molecule has 0 aromatic heterocycles. The van der Waals surface area contributed by atoms with Crippen LogP contribution < -0.4 is 5.32 Å². The lowest BCUT2D eigenvalue weighted by Crippen LogP contribution is -2.15. The summed E-state index contributed by atoms with van der Waals surface area (Å²) < 4.78 is 0.391. The number of hydrogen-bond donors (Lipinski definition) is 2. The Morgan fingerprint density at radius 2 is 1.80 bits per heavy atom. The van der Waals surface area contributed by atoms with Crippen LogP contribution in [0.2, 0.25) is 5.02 Å². The Morgan fingerprint density at radius 3 is 2.45 bits per heavy atom. The molecule has 0 fully saturated rings. The van der Waals surface area contributed by atoms with Gasteiger partial charge in [-0.25, -0.2) is 4.79 Å². The maximum atomic E-state index is 12.1. The quantitative estimate of drug-likeness (QED) is 0.874. The first kappa shape index (κ1) is 14.6. The molecular formula is C14H9BrClNO3. The van der Waals surface area contributed by atoms with Gasteiger partial charge in [0.2, 0.25) is 0 Å². The van der Waals surface area contributed by atoms with E-state index < -0.39 is 11.9 Å². The predicted octanol–water partition coefficient (Wildman–Crippen LogP) is 4.05. The molecule has 0 unspecified atom stereocenters. The van der Waals surface area contributed by atoms with E-state index in [1.807, 2.05) is 0 Å². The van der Waals surface area contributed by atoms with Crippen molar-refractivity contribution >= 4 is 45.1 Å². The normalized spacial score (nSPS) is 10.1. The monoisotopic (exact) mass is 353 g/mol. The van der Waals surface area contributed by atoms with Crippen LogP contribution in [0.5, 0.6) is 0 Å². The maximum Gasteiger partial charge on any atom is 0.338 e. The summed E-state index contributed by atoms with van der Waals surface area (Å²) in [6.45, 7) is 0. The van der Waals surface area contributed by atoms with Crippen molar-refractivity contribution in [2.75, 3.05) is 5.32 Å². The number of carboxylic acids is 1. The van der Waals surface area contributed by atoms with Crippen LogP contribution in [-0.2, 0) is 0 Å². The Labute approximate surface area is 128 Å². The predicted molar refractivity (Wildman–Crippen MR) is 80.5 cm³/mol. The third-order valence-electron chi connectivity index (χ3n) is 2.59. The first-order valence-corrected chi connectivity index (χ1v) is 6.75. The minimum Gasteiger partial charge on any atom is -0.478 e. The fraction of sp³-hybridized carbons (Fsp3) is 0. The van der Waals surface area contributed by atoms with E-state index in [2.05, 4.69) is 21.2 Å². The summed E-state index contributed by atoms with van der Waals surface area (Å²) in [5.41, 5.74) is 0.482. The van der Waals surface area contributed by atoms with Crippen molar-refractivity contribution < 1.29 is 14.7 Å². The molecule has 2 rings (SSSR count). The van der Waals surface area contributed by atoms with E-state index >= 15 is 0 Å². The molecule has 4 nitrogen and oxygen atoms in total. The summed E-state index contributed by atoms with van der Waals surface area (Å²) in [7, 11) is 0. The molecule has 2 N–H and O–H groups in total. The van der Waals surface area contributed by atoms with E-state index in [9.17, 15) is 14.7 Å². The van der Waals surface area contributed by atoms with Gasteiger partial charge >= 0.3 is 5.97 Å². The Morgan fingerprint density at radius 1 is 1.10 bits per heavy atom. The molecule has 0 aliphatic rings. The van der Waals surface area contributed by atoms with Gasteiger partial charge in [0.05, 0.1) is 21.8 Å². The zero-order valence-electron chi connectivity index (χ0n) is 10.1. The molecule has 0 spiro atoms. The van der Waals surface area contributed by atoms with E-state index in [1.54, 1.807) is 36.4 Å². The summed E-state index contributed by atoms with van der Waals surface area (Å²) >= 11 is 9.08. The highest BCUT2D eigenvalue weighted by Crippen LogP contribution is 2.26. The molecule has 0 heterocycles. The van der Waals surface area contributed by atoms with Gasteiger partial charge in [0, 0.05) is 4.47 Å². The topological polar surface area (TPSA) is 66.4 Å². The first-order valence-electron chi connectivity index (χ1n) is 5.58. The Bertz CT molecular complexity index is 688. The first-order chi connectivity index (χ1) is 9.50.